The number of hydrogen-bond donors (Lipinski definition) is 2. The number of aliphatic hydroxyl groups excluding tert-OH is 1. The second-order valence-electron chi connectivity index (χ2n) is 7.58. The van der Waals surface area contributed by atoms with Crippen LogP contribution in [-0.4, -0.2) is 60.1 Å². The van der Waals surface area contributed by atoms with Crippen LogP contribution in [0.3, 0.4) is 0 Å². The SMILES string of the molecule is COC(=O)[C@H](O)C1CCN(C(=O)[C@H](NC(=O)Cc2ccccc2)C(C)C)CC1. The molecule has 154 valence electrons. The molecule has 1 aromatic rings. The van der Waals surface area contributed by atoms with Gasteiger partial charge in [0.15, 0.2) is 6.10 Å². The molecule has 7 nitrogen and oxygen atoms in total. The van der Waals surface area contributed by atoms with Crippen molar-refractivity contribution in [2.75, 3.05) is 20.2 Å². The number of piperidine rings is 1. The van der Waals surface area contributed by atoms with Crippen LogP contribution >= 0.6 is 0 Å². The topological polar surface area (TPSA) is 95.9 Å². The van der Waals surface area contributed by atoms with Crippen LogP contribution in [0.2, 0.25) is 0 Å². The second kappa shape index (κ2) is 10.2. The molecule has 1 fully saturated rings. The maximum atomic E-state index is 13.0. The number of nitrogens with zero attached hydrogens (tertiary/aromatic N) is 1. The smallest absolute Gasteiger partial charge is 0.334 e. The Kier molecular flexibility index (Phi) is 7.99. The Morgan fingerprint density at radius 3 is 2.32 bits per heavy atom. The zero-order valence-electron chi connectivity index (χ0n) is 16.8. The number of carbonyl (C=O) groups excluding carboxylic acids is 3. The van der Waals surface area contributed by atoms with Gasteiger partial charge in [0.05, 0.1) is 13.5 Å². The average Bonchev–Trinajstić information content (AvgIpc) is 2.71. The Balaban J connectivity index is 1.92. The Labute approximate surface area is 166 Å². The van der Waals surface area contributed by atoms with Gasteiger partial charge < -0.3 is 20.1 Å². The van der Waals surface area contributed by atoms with E-state index in [1.54, 1.807) is 4.90 Å². The third-order valence-corrected chi connectivity index (χ3v) is 5.20. The van der Waals surface area contributed by atoms with Crippen LogP contribution in [0, 0.1) is 11.8 Å². The maximum Gasteiger partial charge on any atom is 0.334 e. The molecule has 28 heavy (non-hydrogen) atoms. The van der Waals surface area contributed by atoms with Crippen molar-refractivity contribution in [1.29, 1.82) is 0 Å². The van der Waals surface area contributed by atoms with Crippen LogP contribution in [0.4, 0.5) is 0 Å². The van der Waals surface area contributed by atoms with Gasteiger partial charge in [-0.3, -0.25) is 9.59 Å². The molecule has 7 heteroatoms. The van der Waals surface area contributed by atoms with Crippen LogP contribution in [0.15, 0.2) is 30.3 Å². The van der Waals surface area contributed by atoms with Crippen LogP contribution < -0.4 is 5.32 Å². The Morgan fingerprint density at radius 2 is 1.79 bits per heavy atom. The normalized spacial score (nSPS) is 17.1. The summed E-state index contributed by atoms with van der Waals surface area (Å²) in [6, 6.07) is 8.80. The molecule has 2 atom stereocenters. The number of rotatable bonds is 7. The number of benzene rings is 1. The number of methoxy groups -OCH3 is 1. The van der Waals surface area contributed by atoms with E-state index in [2.05, 4.69) is 10.1 Å². The largest absolute Gasteiger partial charge is 0.467 e. The molecule has 0 aliphatic carbocycles. The van der Waals surface area contributed by atoms with Gasteiger partial charge in [-0.05, 0) is 30.2 Å². The van der Waals surface area contributed by atoms with Crippen molar-refractivity contribution in [3.05, 3.63) is 35.9 Å². The van der Waals surface area contributed by atoms with Crippen LogP contribution in [-0.2, 0) is 25.5 Å². The van der Waals surface area contributed by atoms with Crippen LogP contribution in [0.1, 0.15) is 32.3 Å². The van der Waals surface area contributed by atoms with E-state index < -0.39 is 18.1 Å². The van der Waals surface area contributed by atoms with Crippen molar-refractivity contribution in [2.24, 2.45) is 11.8 Å². The molecule has 0 saturated carbocycles. The number of amides is 2. The molecule has 1 aromatic carbocycles. The predicted molar refractivity (Wildman–Crippen MR) is 104 cm³/mol. The fourth-order valence-corrected chi connectivity index (χ4v) is 3.46. The number of aliphatic hydroxyl groups is 1. The Bertz CT molecular complexity index is 669. The van der Waals surface area contributed by atoms with Gasteiger partial charge >= 0.3 is 5.97 Å². The maximum absolute atomic E-state index is 13.0. The molecule has 1 aliphatic rings. The molecule has 0 spiro atoms. The summed E-state index contributed by atoms with van der Waals surface area (Å²) in [6.45, 7) is 4.68. The number of carbonyl (C=O) groups is 3. The molecule has 0 bridgehead atoms. The highest BCUT2D eigenvalue weighted by Gasteiger charge is 2.35. The number of ether oxygens (including phenoxy) is 1. The van der Waals surface area contributed by atoms with Gasteiger partial charge in [-0.1, -0.05) is 44.2 Å². The third kappa shape index (κ3) is 5.79. The Hall–Kier alpha value is -2.41. The van der Waals surface area contributed by atoms with Crippen molar-refractivity contribution in [3.63, 3.8) is 0 Å². The van der Waals surface area contributed by atoms with E-state index in [9.17, 15) is 19.5 Å². The van der Waals surface area contributed by atoms with Gasteiger partial charge in [-0.15, -0.1) is 0 Å². The molecule has 0 unspecified atom stereocenters. The molecule has 2 amide bonds. The summed E-state index contributed by atoms with van der Waals surface area (Å²) >= 11 is 0. The van der Waals surface area contributed by atoms with Crippen molar-refractivity contribution >= 4 is 17.8 Å². The molecular formula is C21H30N2O5. The molecule has 0 radical (unpaired) electrons. The lowest BCUT2D eigenvalue weighted by molar-refractivity contribution is -0.155. The quantitative estimate of drug-likeness (QED) is 0.681. The highest BCUT2D eigenvalue weighted by molar-refractivity contribution is 5.88. The predicted octanol–water partition coefficient (Wildman–Crippen LogP) is 1.14. The number of hydrogen-bond acceptors (Lipinski definition) is 5. The summed E-state index contributed by atoms with van der Waals surface area (Å²) < 4.78 is 4.58. The summed E-state index contributed by atoms with van der Waals surface area (Å²) in [5.74, 6) is -1.22. The van der Waals surface area contributed by atoms with Crippen molar-refractivity contribution in [1.82, 2.24) is 10.2 Å². The first kappa shape index (κ1) is 21.9. The zero-order valence-corrected chi connectivity index (χ0v) is 16.8. The van der Waals surface area contributed by atoms with E-state index in [0.717, 1.165) is 5.56 Å². The summed E-state index contributed by atoms with van der Waals surface area (Å²) in [7, 11) is 1.25. The minimum absolute atomic E-state index is 0.0504. The van der Waals surface area contributed by atoms with E-state index >= 15 is 0 Å². The molecular weight excluding hydrogens is 360 g/mol. The first-order valence-electron chi connectivity index (χ1n) is 9.71. The summed E-state index contributed by atoms with van der Waals surface area (Å²) in [5, 5.41) is 12.9. The first-order chi connectivity index (χ1) is 13.3. The molecule has 1 heterocycles. The van der Waals surface area contributed by atoms with Gasteiger partial charge in [0.1, 0.15) is 6.04 Å². The third-order valence-electron chi connectivity index (χ3n) is 5.20. The number of nitrogens with one attached hydrogen (secondary N) is 1. The van der Waals surface area contributed by atoms with Gasteiger partial charge in [0.2, 0.25) is 11.8 Å². The van der Waals surface area contributed by atoms with E-state index in [0.29, 0.717) is 25.9 Å². The van der Waals surface area contributed by atoms with Gasteiger partial charge in [0, 0.05) is 13.1 Å². The lowest BCUT2D eigenvalue weighted by Gasteiger charge is -2.36. The Morgan fingerprint density at radius 1 is 1.18 bits per heavy atom. The highest BCUT2D eigenvalue weighted by Crippen LogP contribution is 2.23. The fraction of sp³-hybridized carbons (Fsp3) is 0.571. The minimum atomic E-state index is -1.16. The van der Waals surface area contributed by atoms with Crippen molar-refractivity contribution < 1.29 is 24.2 Å². The molecule has 0 aromatic heterocycles. The first-order valence-corrected chi connectivity index (χ1v) is 9.71. The molecule has 2 N–H and O–H groups in total. The minimum Gasteiger partial charge on any atom is -0.467 e. The number of likely N-dealkylation sites (tertiary alicyclic amines) is 1. The molecule has 1 aliphatic heterocycles. The molecule has 1 saturated heterocycles. The standard InChI is InChI=1S/C21H30N2O5/c1-14(2)18(22-17(24)13-15-7-5-4-6-8-15)20(26)23-11-9-16(10-12-23)19(25)21(27)28-3/h4-8,14,16,18-19,25H,9-13H2,1-3H3,(H,22,24)/t18-,19-/m1/s1. The van der Waals surface area contributed by atoms with Crippen molar-refractivity contribution in [2.45, 2.75) is 45.3 Å². The van der Waals surface area contributed by atoms with Gasteiger partial charge in [0.25, 0.3) is 0 Å². The zero-order chi connectivity index (χ0) is 20.7. The second-order valence-corrected chi connectivity index (χ2v) is 7.58. The van der Waals surface area contributed by atoms with E-state index in [1.807, 2.05) is 44.2 Å². The highest BCUT2D eigenvalue weighted by atomic mass is 16.5. The summed E-state index contributed by atoms with van der Waals surface area (Å²) in [6.07, 6.45) is 0.106. The van der Waals surface area contributed by atoms with E-state index in [-0.39, 0.29) is 30.1 Å². The average molecular weight is 390 g/mol. The van der Waals surface area contributed by atoms with E-state index in [1.165, 1.54) is 7.11 Å². The fourth-order valence-electron chi connectivity index (χ4n) is 3.46. The van der Waals surface area contributed by atoms with E-state index in [4.69, 9.17) is 0 Å². The summed E-state index contributed by atoms with van der Waals surface area (Å²) in [5.41, 5.74) is 0.896. The number of esters is 1. The molecule has 2 rings (SSSR count). The lowest BCUT2D eigenvalue weighted by Crippen LogP contribution is -2.54. The lowest BCUT2D eigenvalue weighted by atomic mass is 9.90. The monoisotopic (exact) mass is 390 g/mol. The van der Waals surface area contributed by atoms with Crippen LogP contribution in [0.5, 0.6) is 0 Å². The summed E-state index contributed by atoms with van der Waals surface area (Å²) in [4.78, 5) is 38.5. The van der Waals surface area contributed by atoms with Crippen molar-refractivity contribution in [3.8, 4) is 0 Å². The van der Waals surface area contributed by atoms with Crippen LogP contribution in [0.25, 0.3) is 0 Å². The van der Waals surface area contributed by atoms with Gasteiger partial charge in [-0.25, -0.2) is 4.79 Å². The van der Waals surface area contributed by atoms with Gasteiger partial charge in [-0.2, -0.15) is 0 Å².